The molecule has 2 unspecified atom stereocenters. The van der Waals surface area contributed by atoms with Crippen LogP contribution in [0.4, 0.5) is 0 Å². The number of hydrogen-bond donors (Lipinski definition) is 18. The second-order valence-corrected chi connectivity index (χ2v) is 32.8. The van der Waals surface area contributed by atoms with Gasteiger partial charge in [0.1, 0.15) is 78.5 Å². The van der Waals surface area contributed by atoms with Crippen molar-refractivity contribution < 1.29 is 92.3 Å². The second kappa shape index (κ2) is 42.0. The summed E-state index contributed by atoms with van der Waals surface area (Å²) in [6.45, 7) is 15.8. The Balaban J connectivity index is 1.70. The maximum Gasteiger partial charge on any atom is 0.326 e. The maximum absolute atomic E-state index is 15.7. The number of aliphatic carboxylic acids is 2. The van der Waals surface area contributed by atoms with Gasteiger partial charge in [-0.3, -0.25) is 72.5 Å². The van der Waals surface area contributed by atoms with Crippen molar-refractivity contribution in [2.24, 2.45) is 41.1 Å². The van der Waals surface area contributed by atoms with Gasteiger partial charge in [-0.15, -0.1) is 0 Å². The van der Waals surface area contributed by atoms with E-state index in [1.54, 1.807) is 61.5 Å². The number of nitrogens with zero attached hydrogens (tertiary/aromatic N) is 3. The molecule has 0 aromatic heterocycles. The van der Waals surface area contributed by atoms with Crippen molar-refractivity contribution >= 4 is 116 Å². The van der Waals surface area contributed by atoms with Gasteiger partial charge in [0.05, 0.1) is 25.7 Å². The predicted octanol–water partition coefficient (Wildman–Crippen LogP) is -2.74. The monoisotopic (exact) mass is 1560 g/mol. The summed E-state index contributed by atoms with van der Waals surface area (Å²) in [5.41, 5.74) is 11.4. The van der Waals surface area contributed by atoms with Gasteiger partial charge in [-0.05, 0) is 102 Å². The van der Waals surface area contributed by atoms with Crippen LogP contribution in [0.15, 0.2) is 12.2 Å². The van der Waals surface area contributed by atoms with Gasteiger partial charge in [0.25, 0.3) is 0 Å². The minimum atomic E-state index is -1.92. The number of nitrogens with one attached hydrogen (secondary N) is 12. The molecule has 1 saturated carbocycles. The van der Waals surface area contributed by atoms with Crippen molar-refractivity contribution in [1.82, 2.24) is 73.2 Å². The summed E-state index contributed by atoms with van der Waals surface area (Å²) in [4.78, 5) is 219. The zero-order chi connectivity index (χ0) is 80.8. The molecule has 19 atom stereocenters. The fourth-order valence-electron chi connectivity index (χ4n) is 13.8. The molecule has 13 amide bonds. The fourth-order valence-corrected chi connectivity index (χ4v) is 16.6. The first kappa shape index (κ1) is 90.3. The molecule has 0 aromatic carbocycles. The van der Waals surface area contributed by atoms with E-state index in [2.05, 4.69) is 58.5 Å². The molecule has 4 aliphatic heterocycles. The maximum atomic E-state index is 15.7. The van der Waals surface area contributed by atoms with Gasteiger partial charge in [0, 0.05) is 36.2 Å². The van der Waals surface area contributed by atoms with E-state index in [0.717, 1.165) is 32.9 Å². The van der Waals surface area contributed by atoms with Crippen LogP contribution in [0, 0.1) is 35.0 Å². The van der Waals surface area contributed by atoms with Crippen LogP contribution in [-0.4, -0.2) is 264 Å². The molecule has 0 radical (unpaired) electrons. The number of aliphatic hydroxyl groups is 2. The summed E-state index contributed by atoms with van der Waals surface area (Å²) >= 11 is 0. The number of guanidine groups is 1. The Morgan fingerprint density at radius 2 is 1.30 bits per heavy atom. The zero-order valence-electron chi connectivity index (χ0n) is 63.6. The van der Waals surface area contributed by atoms with E-state index < -0.39 is 233 Å². The van der Waals surface area contributed by atoms with Gasteiger partial charge in [-0.2, -0.15) is 0 Å². The van der Waals surface area contributed by atoms with Crippen LogP contribution in [0.3, 0.4) is 0 Å². The molecule has 36 nitrogen and oxygen atoms in total. The third-order valence-electron chi connectivity index (χ3n) is 20.7. The summed E-state index contributed by atoms with van der Waals surface area (Å²) in [5, 5.41) is 77.1. The lowest BCUT2D eigenvalue weighted by Crippen LogP contribution is -2.64. The van der Waals surface area contributed by atoms with Gasteiger partial charge in [0.2, 0.25) is 76.8 Å². The van der Waals surface area contributed by atoms with Crippen molar-refractivity contribution in [3.63, 3.8) is 0 Å². The molecule has 3 saturated heterocycles. The summed E-state index contributed by atoms with van der Waals surface area (Å²) in [5.74, 6) is -18.3. The lowest BCUT2D eigenvalue weighted by atomic mass is 9.84. The van der Waals surface area contributed by atoms with Gasteiger partial charge in [-0.1, -0.05) is 121 Å². The third kappa shape index (κ3) is 24.6. The summed E-state index contributed by atoms with van der Waals surface area (Å²) in [6.07, 6.45) is 5.75. The Morgan fingerprint density at radius 1 is 0.694 bits per heavy atom. The fraction of sp³-hybridized carbons (Fsp3) is 0.743. The van der Waals surface area contributed by atoms with E-state index in [0.29, 0.717) is 25.7 Å². The van der Waals surface area contributed by atoms with E-state index in [1.165, 1.54) is 36.6 Å². The highest BCUT2D eigenvalue weighted by Gasteiger charge is 2.52. The van der Waals surface area contributed by atoms with Crippen LogP contribution in [0.1, 0.15) is 166 Å². The van der Waals surface area contributed by atoms with E-state index in [-0.39, 0.29) is 82.8 Å². The molecule has 1 aliphatic carbocycles. The lowest BCUT2D eigenvalue weighted by molar-refractivity contribution is -0.149. The van der Waals surface area contributed by atoms with Crippen molar-refractivity contribution in [1.29, 1.82) is 5.41 Å². The molecule has 5 aliphatic rings. The first-order valence-electron chi connectivity index (χ1n) is 37.3. The molecule has 606 valence electrons. The number of likely N-dealkylation sites (tertiary alicyclic amines) is 1. The number of hydrogen-bond acceptors (Lipinski definition) is 21. The first-order chi connectivity index (χ1) is 50.9. The molecule has 108 heavy (non-hydrogen) atoms. The molecule has 20 N–H and O–H groups in total. The van der Waals surface area contributed by atoms with Crippen molar-refractivity contribution in [3.8, 4) is 0 Å². The average molecular weight is 1560 g/mol. The van der Waals surface area contributed by atoms with Crippen LogP contribution in [0.2, 0.25) is 0 Å². The molecule has 4 fully saturated rings. The smallest absolute Gasteiger partial charge is 0.326 e. The third-order valence-corrected chi connectivity index (χ3v) is 24.0. The molecule has 38 heteroatoms. The van der Waals surface area contributed by atoms with Crippen LogP contribution in [-0.2, 0) is 71.9 Å². The first-order valence-corrected chi connectivity index (χ1v) is 39.6. The average Bonchev–Trinajstić information content (AvgIpc) is 1.61. The Bertz CT molecular complexity index is 3290. The van der Waals surface area contributed by atoms with Gasteiger partial charge in [-0.25, -0.2) is 4.79 Å². The quantitative estimate of drug-likeness (QED) is 0.0137. The van der Waals surface area contributed by atoms with Crippen LogP contribution < -0.4 is 70.0 Å². The highest BCUT2D eigenvalue weighted by Crippen LogP contribution is 2.42. The Labute approximate surface area is 637 Å². The molecule has 5 rings (SSSR count). The van der Waals surface area contributed by atoms with E-state index in [4.69, 9.17) is 16.9 Å². The normalized spacial score (nSPS) is 27.7. The number of carbonyl (C=O) groups is 15. The van der Waals surface area contributed by atoms with Gasteiger partial charge in [0.15, 0.2) is 5.96 Å². The van der Waals surface area contributed by atoms with Crippen molar-refractivity contribution in [2.45, 2.75) is 261 Å². The van der Waals surface area contributed by atoms with Gasteiger partial charge >= 0.3 is 11.9 Å². The zero-order valence-corrected chi connectivity index (χ0v) is 65.2. The Hall–Kier alpha value is -8.36. The number of carboxylic acids is 2. The summed E-state index contributed by atoms with van der Waals surface area (Å²) < 4.78 is -1.60. The number of carbonyl (C=O) groups excluding carboxylic acids is 13. The molecule has 0 bridgehead atoms. The van der Waals surface area contributed by atoms with Crippen molar-refractivity contribution in [3.05, 3.63) is 12.2 Å². The molecular weight excluding hydrogens is 1450 g/mol. The summed E-state index contributed by atoms with van der Waals surface area (Å²) in [7, 11) is 1.74. The Morgan fingerprint density at radius 3 is 1.88 bits per heavy atom. The van der Waals surface area contributed by atoms with Gasteiger partial charge < -0.3 is 105 Å². The predicted molar refractivity (Wildman–Crippen MR) is 398 cm³/mol. The van der Waals surface area contributed by atoms with Crippen LogP contribution in [0.25, 0.3) is 0 Å². The topological polar surface area (TPSA) is 555 Å². The van der Waals surface area contributed by atoms with Crippen LogP contribution >= 0.6 is 21.6 Å². The van der Waals surface area contributed by atoms with Crippen LogP contribution in [0.5, 0.6) is 0 Å². The van der Waals surface area contributed by atoms with E-state index >= 15 is 28.8 Å². The molecule has 0 aromatic rings. The second-order valence-electron chi connectivity index (χ2n) is 29.8. The minimum absolute atomic E-state index is 0.0102. The number of carboxylic acid groups (broad SMARTS) is 2. The number of nitrogens with two attached hydrogens (primary N) is 2. The standard InChI is InChI=1S/C70H115N17O19S2/c1-12-35(6)51(81-55(92)38(9)71)62(99)80-45-33-107-108-70(10,11)54(64(101)83-53(37(8)14-3)67(104)85-26-18-23-47(85)60(97)77-42(68(105)106)30-50(90)91)84-63(100)52(36(7)13-2)82-61(98)49-29-39-20-15-16-22-46(39)87(49)66(103)48-24-19-27-86(48)65(102)41(28-34(4)5)76-58(95)44(32-89)78-56(93)40(21-17-25-74-69(72)73)75-57(94)43(31-88)79-59(45)96/h19,24,34-49,51-54,88-89H,12-18,20-23,25-33,71H2,1-11H3,(H,75,94)(H,76,95)(H,77,97)(H,78,93)(H,79,96)(H,80,99)(H,81,92)(H,82,98)(H,83,101)(H,84,100)(H,90,91)(H,105,106)(H4,72,73,74)/t35-,36-,37-,38-,39?,40-,41-,42-,43-,44-,45-,46?,47-,48-,49-,51-,52-,53-,54+/m0/s1. The lowest BCUT2D eigenvalue weighted by Gasteiger charge is -2.38. The molecule has 4 heterocycles. The van der Waals surface area contributed by atoms with E-state index in [9.17, 15) is 63.6 Å². The SMILES string of the molecule is CC[C@H](C)[C@H](NC(=O)[C@H](C)N)C(=O)N[C@H]1CSSC(C)(C)[C@@H](C(=O)N[C@H](C(=O)N2CCC[C@H]2C(=O)N[C@@H](CC(=O)O)C(=O)O)[C@@H](C)CC)NC(=O)[C@H]([C@@H](C)CC)NC(=O)[C@@H]2CC3CCCCC3N2C(=O)[C@@H]2C=CCN2C(=O)[C@H](CC(C)C)NC(=O)[C@H](CO)NC(=O)[C@H](CCCNC(=N)N)NC(=O)[C@H](CO)NC1=O. The molecular formula is C70H115N17O19S2. The van der Waals surface area contributed by atoms with E-state index in [1.807, 2.05) is 0 Å². The number of aliphatic hydroxyl groups excluding tert-OH is 2. The summed E-state index contributed by atoms with van der Waals surface area (Å²) in [6, 6.07) is -21.7. The molecule has 0 spiro atoms. The van der Waals surface area contributed by atoms with Crippen molar-refractivity contribution in [2.75, 3.05) is 38.6 Å². The number of rotatable bonds is 26. The number of amides is 13. The highest BCUT2D eigenvalue weighted by molar-refractivity contribution is 8.77. The Kier molecular flexibility index (Phi) is 35.1. The highest BCUT2D eigenvalue weighted by atomic mass is 33.1. The largest absolute Gasteiger partial charge is 0.481 e. The minimum Gasteiger partial charge on any atom is -0.481 e. The number of fused-ring (bicyclic) bond motifs is 4.